The van der Waals surface area contributed by atoms with E-state index in [9.17, 15) is 4.79 Å². The van der Waals surface area contributed by atoms with Crippen LogP contribution in [0.4, 0.5) is 10.6 Å². The minimum Gasteiger partial charge on any atom is -0.444 e. The van der Waals surface area contributed by atoms with E-state index in [1.165, 1.54) is 0 Å². The average Bonchev–Trinajstić information content (AvgIpc) is 2.44. The largest absolute Gasteiger partial charge is 0.444 e. The zero-order chi connectivity index (χ0) is 18.0. The molecule has 0 bridgehead atoms. The van der Waals surface area contributed by atoms with Gasteiger partial charge in [-0.3, -0.25) is 0 Å². The van der Waals surface area contributed by atoms with Crippen LogP contribution in [0.2, 0.25) is 0 Å². The van der Waals surface area contributed by atoms with Gasteiger partial charge in [0.05, 0.1) is 0 Å². The molecule has 0 unspecified atom stereocenters. The number of amides is 1. The first-order valence-corrected chi connectivity index (χ1v) is 8.57. The normalized spacial score (nSPS) is 16.2. The van der Waals surface area contributed by atoms with Crippen molar-refractivity contribution in [2.45, 2.75) is 53.6 Å². The molecule has 0 aromatic carbocycles. The van der Waals surface area contributed by atoms with E-state index in [-0.39, 0.29) is 11.5 Å². The molecular formula is C18H30N4O2. The fraction of sp³-hybridized carbons (Fsp3) is 0.722. The number of hydrogen-bond donors (Lipinski definition) is 0. The Morgan fingerprint density at radius 2 is 1.71 bits per heavy atom. The van der Waals surface area contributed by atoms with Crippen LogP contribution in [-0.4, -0.2) is 52.7 Å². The standard InChI is InChI=1S/C18H30N4O2/c1-17(2,3)12-14-11-15(20-13-19-14)21-7-9-22(10-8-21)16(23)24-18(4,5)6/h11,13H,7-10,12H2,1-6H3. The van der Waals surface area contributed by atoms with Crippen LogP contribution in [0.3, 0.4) is 0 Å². The van der Waals surface area contributed by atoms with E-state index in [1.807, 2.05) is 20.8 Å². The Morgan fingerprint density at radius 3 is 2.25 bits per heavy atom. The van der Waals surface area contributed by atoms with Gasteiger partial charge in [-0.25, -0.2) is 14.8 Å². The Hall–Kier alpha value is -1.85. The molecule has 0 atom stereocenters. The maximum Gasteiger partial charge on any atom is 0.410 e. The molecule has 6 heteroatoms. The van der Waals surface area contributed by atoms with E-state index in [4.69, 9.17) is 4.74 Å². The molecule has 1 aliphatic rings. The predicted octanol–water partition coefficient (Wildman–Crippen LogP) is 3.12. The summed E-state index contributed by atoms with van der Waals surface area (Å²) in [5, 5.41) is 0. The zero-order valence-electron chi connectivity index (χ0n) is 15.8. The minimum atomic E-state index is -0.456. The summed E-state index contributed by atoms with van der Waals surface area (Å²) in [4.78, 5) is 24.9. The van der Waals surface area contributed by atoms with Gasteiger partial charge in [-0.2, -0.15) is 0 Å². The third-order valence-corrected chi connectivity index (χ3v) is 3.68. The van der Waals surface area contributed by atoms with E-state index in [2.05, 4.69) is 41.7 Å². The van der Waals surface area contributed by atoms with Gasteiger partial charge >= 0.3 is 6.09 Å². The third-order valence-electron chi connectivity index (χ3n) is 3.68. The van der Waals surface area contributed by atoms with Crippen molar-refractivity contribution in [1.29, 1.82) is 0 Å². The van der Waals surface area contributed by atoms with E-state index >= 15 is 0 Å². The van der Waals surface area contributed by atoms with E-state index < -0.39 is 5.60 Å². The van der Waals surface area contributed by atoms with Gasteiger partial charge in [0.15, 0.2) is 0 Å². The van der Waals surface area contributed by atoms with Gasteiger partial charge in [-0.15, -0.1) is 0 Å². The van der Waals surface area contributed by atoms with Crippen LogP contribution in [0.5, 0.6) is 0 Å². The lowest BCUT2D eigenvalue weighted by molar-refractivity contribution is 0.0240. The molecule has 1 amide bonds. The van der Waals surface area contributed by atoms with Crippen LogP contribution in [-0.2, 0) is 11.2 Å². The van der Waals surface area contributed by atoms with Crippen LogP contribution in [0.15, 0.2) is 12.4 Å². The molecule has 1 aromatic rings. The Morgan fingerprint density at radius 1 is 1.08 bits per heavy atom. The molecule has 0 aliphatic carbocycles. The number of hydrogen-bond acceptors (Lipinski definition) is 5. The molecule has 0 N–H and O–H groups in total. The van der Waals surface area contributed by atoms with Crippen LogP contribution >= 0.6 is 0 Å². The fourth-order valence-corrected chi connectivity index (χ4v) is 2.64. The maximum absolute atomic E-state index is 12.1. The lowest BCUT2D eigenvalue weighted by atomic mass is 9.90. The number of aromatic nitrogens is 2. The monoisotopic (exact) mass is 334 g/mol. The lowest BCUT2D eigenvalue weighted by Crippen LogP contribution is -2.50. The van der Waals surface area contributed by atoms with Crippen molar-refractivity contribution in [1.82, 2.24) is 14.9 Å². The molecule has 134 valence electrons. The smallest absolute Gasteiger partial charge is 0.410 e. The van der Waals surface area contributed by atoms with Gasteiger partial charge in [0.1, 0.15) is 17.7 Å². The SMILES string of the molecule is CC(C)(C)Cc1cc(N2CCN(C(=O)OC(C)(C)C)CC2)ncn1. The molecule has 0 spiro atoms. The second-order valence-corrected chi connectivity index (χ2v) is 8.56. The van der Waals surface area contributed by atoms with Crippen molar-refractivity contribution in [3.05, 3.63) is 18.1 Å². The molecule has 1 saturated heterocycles. The molecule has 6 nitrogen and oxygen atoms in total. The molecule has 2 rings (SSSR count). The van der Waals surface area contributed by atoms with Crippen molar-refractivity contribution < 1.29 is 9.53 Å². The number of nitrogens with zero attached hydrogens (tertiary/aromatic N) is 4. The van der Waals surface area contributed by atoms with Gasteiger partial charge in [0.25, 0.3) is 0 Å². The van der Waals surface area contributed by atoms with Gasteiger partial charge in [0.2, 0.25) is 0 Å². The molecule has 24 heavy (non-hydrogen) atoms. The van der Waals surface area contributed by atoms with Crippen molar-refractivity contribution in [3.8, 4) is 0 Å². The Kier molecular flexibility index (Phi) is 5.35. The first-order chi connectivity index (χ1) is 11.0. The molecule has 1 aliphatic heterocycles. The minimum absolute atomic E-state index is 0.195. The fourth-order valence-electron chi connectivity index (χ4n) is 2.64. The molecule has 0 saturated carbocycles. The second-order valence-electron chi connectivity index (χ2n) is 8.56. The summed E-state index contributed by atoms with van der Waals surface area (Å²) in [6, 6.07) is 2.06. The Labute approximate surface area is 145 Å². The van der Waals surface area contributed by atoms with Gasteiger partial charge in [0, 0.05) is 37.9 Å². The van der Waals surface area contributed by atoms with Crippen LogP contribution < -0.4 is 4.90 Å². The van der Waals surface area contributed by atoms with Crippen molar-refractivity contribution in [2.24, 2.45) is 5.41 Å². The van der Waals surface area contributed by atoms with Crippen LogP contribution in [0, 0.1) is 5.41 Å². The highest BCUT2D eigenvalue weighted by Crippen LogP contribution is 2.22. The second kappa shape index (κ2) is 6.95. The summed E-state index contributed by atoms with van der Waals surface area (Å²) in [5.41, 5.74) is 0.797. The van der Waals surface area contributed by atoms with Crippen molar-refractivity contribution in [3.63, 3.8) is 0 Å². The number of ether oxygens (including phenoxy) is 1. The lowest BCUT2D eigenvalue weighted by Gasteiger charge is -2.36. The molecule has 1 aromatic heterocycles. The van der Waals surface area contributed by atoms with Gasteiger partial charge in [-0.05, 0) is 32.6 Å². The summed E-state index contributed by atoms with van der Waals surface area (Å²) < 4.78 is 5.43. The first kappa shape index (κ1) is 18.5. The third kappa shape index (κ3) is 5.65. The zero-order valence-corrected chi connectivity index (χ0v) is 15.8. The number of carbonyl (C=O) groups is 1. The van der Waals surface area contributed by atoms with Gasteiger partial charge < -0.3 is 14.5 Å². The molecular weight excluding hydrogens is 304 g/mol. The highest BCUT2D eigenvalue weighted by Gasteiger charge is 2.26. The quantitative estimate of drug-likeness (QED) is 0.832. The average molecular weight is 334 g/mol. The molecule has 2 heterocycles. The van der Waals surface area contributed by atoms with Crippen molar-refractivity contribution >= 4 is 11.9 Å². The van der Waals surface area contributed by atoms with Crippen molar-refractivity contribution in [2.75, 3.05) is 31.1 Å². The number of rotatable bonds is 2. The summed E-state index contributed by atoms with van der Waals surface area (Å²) in [6.07, 6.45) is 2.31. The summed E-state index contributed by atoms with van der Waals surface area (Å²) in [5.74, 6) is 0.938. The number of piperazine rings is 1. The summed E-state index contributed by atoms with van der Waals surface area (Å²) in [7, 11) is 0. The first-order valence-electron chi connectivity index (χ1n) is 8.57. The summed E-state index contributed by atoms with van der Waals surface area (Å²) in [6.45, 7) is 15.1. The Balaban J connectivity index is 1.95. The topological polar surface area (TPSA) is 58.6 Å². The van der Waals surface area contributed by atoms with Crippen LogP contribution in [0.1, 0.15) is 47.2 Å². The molecule has 0 radical (unpaired) electrons. The number of carbonyl (C=O) groups excluding carboxylic acids is 1. The Bertz CT molecular complexity index is 567. The van der Waals surface area contributed by atoms with E-state index in [0.717, 1.165) is 31.0 Å². The van der Waals surface area contributed by atoms with Gasteiger partial charge in [-0.1, -0.05) is 20.8 Å². The van der Waals surface area contributed by atoms with Crippen LogP contribution in [0.25, 0.3) is 0 Å². The molecule has 1 fully saturated rings. The highest BCUT2D eigenvalue weighted by molar-refractivity contribution is 5.68. The van der Waals surface area contributed by atoms with E-state index in [0.29, 0.717) is 13.1 Å². The number of anilines is 1. The summed E-state index contributed by atoms with van der Waals surface area (Å²) >= 11 is 0. The predicted molar refractivity (Wildman–Crippen MR) is 95.2 cm³/mol. The van der Waals surface area contributed by atoms with E-state index in [1.54, 1.807) is 11.2 Å². The maximum atomic E-state index is 12.1. The highest BCUT2D eigenvalue weighted by atomic mass is 16.6.